The van der Waals surface area contributed by atoms with E-state index in [1.807, 2.05) is 53.5 Å². The lowest BCUT2D eigenvalue weighted by Crippen LogP contribution is -2.21. The van der Waals surface area contributed by atoms with Gasteiger partial charge in [0.25, 0.3) is 0 Å². The Balaban J connectivity index is 1.52. The Hall–Kier alpha value is -4.22. The van der Waals surface area contributed by atoms with Crippen LogP contribution < -0.4 is 9.75 Å². The second-order valence-corrected chi connectivity index (χ2v) is 9.59. The molecule has 37 heavy (non-hydrogen) atoms. The van der Waals surface area contributed by atoms with Crippen LogP contribution in [0.2, 0.25) is 5.02 Å². The first-order chi connectivity index (χ1) is 18.1. The van der Waals surface area contributed by atoms with Gasteiger partial charge >= 0.3 is 0 Å². The van der Waals surface area contributed by atoms with E-state index in [1.165, 1.54) is 5.56 Å². The molecule has 4 aromatic carbocycles. The third-order valence-corrected chi connectivity index (χ3v) is 6.93. The number of fused-ring (bicyclic) bond motifs is 1. The number of anilines is 1. The number of aromatic nitrogens is 2. The first-order valence-electron chi connectivity index (χ1n) is 12.2. The molecule has 1 aromatic heterocycles. The van der Waals surface area contributed by atoms with Gasteiger partial charge in [0.15, 0.2) is 0 Å². The molecule has 6 heteroatoms. The highest BCUT2D eigenvalue weighted by atomic mass is 35.5. The highest BCUT2D eigenvalue weighted by molar-refractivity contribution is 6.31. The van der Waals surface area contributed by atoms with Crippen molar-refractivity contribution >= 4 is 34.2 Å². The van der Waals surface area contributed by atoms with E-state index in [1.54, 1.807) is 7.11 Å². The number of hydrazone groups is 1. The summed E-state index contributed by atoms with van der Waals surface area (Å²) in [4.78, 5) is 10.0. The second kappa shape index (κ2) is 9.68. The molecule has 0 saturated heterocycles. The monoisotopic (exact) mass is 504 g/mol. The summed E-state index contributed by atoms with van der Waals surface area (Å²) < 4.78 is 5.39. The van der Waals surface area contributed by atoms with Gasteiger partial charge < -0.3 is 4.74 Å². The SMILES string of the molecule is COc1ccc([C@@H]2CC(c3ccc(C)cc3)=NN2c2nc(-c3ccccc3)c3cc(Cl)ccc3n2)cc1. The summed E-state index contributed by atoms with van der Waals surface area (Å²) in [6.07, 6.45) is 0.734. The fourth-order valence-electron chi connectivity index (χ4n) is 4.71. The van der Waals surface area contributed by atoms with E-state index in [4.69, 9.17) is 31.4 Å². The van der Waals surface area contributed by atoms with Crippen molar-refractivity contribution in [2.24, 2.45) is 5.10 Å². The number of methoxy groups -OCH3 is 1. The van der Waals surface area contributed by atoms with Crippen molar-refractivity contribution < 1.29 is 4.74 Å². The van der Waals surface area contributed by atoms with Crippen LogP contribution in [0.3, 0.4) is 0 Å². The maximum atomic E-state index is 6.37. The van der Waals surface area contributed by atoms with Gasteiger partial charge in [-0.2, -0.15) is 5.10 Å². The molecule has 0 unspecified atom stereocenters. The zero-order valence-corrected chi connectivity index (χ0v) is 21.4. The van der Waals surface area contributed by atoms with Gasteiger partial charge in [0.1, 0.15) is 5.75 Å². The zero-order chi connectivity index (χ0) is 25.4. The Morgan fingerprint density at radius 1 is 0.838 bits per heavy atom. The van der Waals surface area contributed by atoms with Gasteiger partial charge in [-0.25, -0.2) is 15.0 Å². The molecular weight excluding hydrogens is 480 g/mol. The number of ether oxygens (including phenoxy) is 1. The molecule has 2 heterocycles. The molecule has 0 amide bonds. The van der Waals surface area contributed by atoms with Crippen LogP contribution in [0.1, 0.15) is 29.2 Å². The Bertz CT molecular complexity index is 1600. The van der Waals surface area contributed by atoms with Crippen LogP contribution in [0.5, 0.6) is 5.75 Å². The van der Waals surface area contributed by atoms with E-state index in [2.05, 4.69) is 55.5 Å². The number of hydrogen-bond donors (Lipinski definition) is 0. The van der Waals surface area contributed by atoms with Gasteiger partial charge in [-0.15, -0.1) is 0 Å². The summed E-state index contributed by atoms with van der Waals surface area (Å²) in [5, 5.41) is 8.60. The van der Waals surface area contributed by atoms with Crippen molar-refractivity contribution in [3.63, 3.8) is 0 Å². The van der Waals surface area contributed by atoms with E-state index in [9.17, 15) is 0 Å². The van der Waals surface area contributed by atoms with E-state index in [0.29, 0.717) is 11.0 Å². The minimum absolute atomic E-state index is 0.0596. The van der Waals surface area contributed by atoms with Gasteiger partial charge in [0, 0.05) is 22.4 Å². The minimum Gasteiger partial charge on any atom is -0.497 e. The van der Waals surface area contributed by atoms with Crippen LogP contribution >= 0.6 is 11.6 Å². The van der Waals surface area contributed by atoms with Crippen molar-refractivity contribution in [2.75, 3.05) is 12.1 Å². The average Bonchev–Trinajstić information content (AvgIpc) is 3.39. The number of nitrogens with zero attached hydrogens (tertiary/aromatic N) is 4. The molecule has 0 fully saturated rings. The quantitative estimate of drug-likeness (QED) is 0.247. The van der Waals surface area contributed by atoms with Crippen molar-refractivity contribution in [3.8, 4) is 17.0 Å². The Kier molecular flexibility index (Phi) is 6.07. The van der Waals surface area contributed by atoms with Crippen LogP contribution in [0.4, 0.5) is 5.95 Å². The predicted molar refractivity (Wildman–Crippen MR) is 151 cm³/mol. The third kappa shape index (κ3) is 4.54. The lowest BCUT2D eigenvalue weighted by molar-refractivity contribution is 0.414. The van der Waals surface area contributed by atoms with E-state index < -0.39 is 0 Å². The normalized spacial score (nSPS) is 15.2. The molecule has 5 nitrogen and oxygen atoms in total. The van der Waals surface area contributed by atoms with E-state index in [0.717, 1.165) is 51.2 Å². The highest BCUT2D eigenvalue weighted by Crippen LogP contribution is 2.38. The smallest absolute Gasteiger partial charge is 0.247 e. The number of benzene rings is 4. The molecule has 0 N–H and O–H groups in total. The summed E-state index contributed by atoms with van der Waals surface area (Å²) in [7, 11) is 1.68. The average molecular weight is 505 g/mol. The molecule has 1 atom stereocenters. The standard InChI is InChI=1S/C31H25ClN4O/c1-20-8-10-21(11-9-20)28-19-29(22-12-15-25(37-2)16-13-22)36(35-28)31-33-27-17-14-24(32)18-26(27)30(34-31)23-6-4-3-5-7-23/h3-18,29H,19H2,1-2H3/t29-/m0/s1. The summed E-state index contributed by atoms with van der Waals surface area (Å²) in [5.41, 5.74) is 7.09. The van der Waals surface area contributed by atoms with Gasteiger partial charge in [-0.05, 0) is 48.4 Å². The minimum atomic E-state index is -0.0596. The third-order valence-electron chi connectivity index (χ3n) is 6.69. The Morgan fingerprint density at radius 3 is 2.32 bits per heavy atom. The summed E-state index contributed by atoms with van der Waals surface area (Å²) in [5.74, 6) is 1.37. The molecule has 6 rings (SSSR count). The molecule has 1 aliphatic rings. The predicted octanol–water partition coefficient (Wildman–Crippen LogP) is 7.62. The molecule has 0 radical (unpaired) electrons. The maximum Gasteiger partial charge on any atom is 0.247 e. The topological polar surface area (TPSA) is 50.6 Å². The fourth-order valence-corrected chi connectivity index (χ4v) is 4.88. The van der Waals surface area contributed by atoms with Gasteiger partial charge in [0.05, 0.1) is 30.1 Å². The molecule has 182 valence electrons. The van der Waals surface area contributed by atoms with Crippen LogP contribution in [0, 0.1) is 6.92 Å². The Labute approximate surface area is 221 Å². The molecule has 0 aliphatic carbocycles. The maximum absolute atomic E-state index is 6.37. The van der Waals surface area contributed by atoms with Crippen LogP contribution in [0.25, 0.3) is 22.2 Å². The van der Waals surface area contributed by atoms with Crippen LogP contribution in [-0.4, -0.2) is 22.8 Å². The van der Waals surface area contributed by atoms with Gasteiger partial charge in [0.2, 0.25) is 5.95 Å². The van der Waals surface area contributed by atoms with E-state index in [-0.39, 0.29) is 6.04 Å². The fraction of sp³-hybridized carbons (Fsp3) is 0.129. The molecule has 0 saturated carbocycles. The van der Waals surface area contributed by atoms with Crippen LogP contribution in [0.15, 0.2) is 102 Å². The summed E-state index contributed by atoms with van der Waals surface area (Å²) in [6.45, 7) is 2.09. The highest BCUT2D eigenvalue weighted by Gasteiger charge is 2.32. The molecule has 5 aromatic rings. The van der Waals surface area contributed by atoms with Crippen molar-refractivity contribution in [1.82, 2.24) is 9.97 Å². The van der Waals surface area contributed by atoms with Crippen molar-refractivity contribution in [2.45, 2.75) is 19.4 Å². The van der Waals surface area contributed by atoms with E-state index >= 15 is 0 Å². The first-order valence-corrected chi connectivity index (χ1v) is 12.6. The largest absolute Gasteiger partial charge is 0.497 e. The number of rotatable bonds is 5. The zero-order valence-electron chi connectivity index (χ0n) is 20.6. The molecule has 0 spiro atoms. The lowest BCUT2D eigenvalue weighted by Gasteiger charge is -2.23. The Morgan fingerprint density at radius 2 is 1.59 bits per heavy atom. The second-order valence-electron chi connectivity index (χ2n) is 9.15. The summed E-state index contributed by atoms with van der Waals surface area (Å²) >= 11 is 6.37. The molecule has 1 aliphatic heterocycles. The first kappa shape index (κ1) is 23.2. The molecular formula is C31H25ClN4O. The lowest BCUT2D eigenvalue weighted by atomic mass is 9.98. The van der Waals surface area contributed by atoms with Crippen molar-refractivity contribution in [1.29, 1.82) is 0 Å². The number of aryl methyl sites for hydroxylation is 1. The number of halogens is 1. The number of hydrogen-bond acceptors (Lipinski definition) is 5. The van der Waals surface area contributed by atoms with Gasteiger partial charge in [-0.1, -0.05) is 83.9 Å². The van der Waals surface area contributed by atoms with Crippen LogP contribution in [-0.2, 0) is 0 Å². The molecule has 0 bridgehead atoms. The summed E-state index contributed by atoms with van der Waals surface area (Å²) in [6, 6.07) is 32.4. The van der Waals surface area contributed by atoms with Crippen molar-refractivity contribution in [3.05, 3.63) is 119 Å². The van der Waals surface area contributed by atoms with Gasteiger partial charge in [-0.3, -0.25) is 0 Å².